The number of carbonyl (C=O) groups is 1. The van der Waals surface area contributed by atoms with Gasteiger partial charge < -0.3 is 9.47 Å². The number of carbonyl (C=O) groups excluding carboxylic acids is 1. The minimum Gasteiger partial charge on any atom is -0.370 e. The lowest BCUT2D eigenvalue weighted by Gasteiger charge is -2.12. The van der Waals surface area contributed by atoms with Crippen molar-refractivity contribution in [2.45, 2.75) is 37.9 Å². The molecule has 2 aliphatic rings. The summed E-state index contributed by atoms with van der Waals surface area (Å²) in [4.78, 5) is 11.6. The van der Waals surface area contributed by atoms with Crippen molar-refractivity contribution in [1.82, 2.24) is 0 Å². The van der Waals surface area contributed by atoms with Gasteiger partial charge in [-0.05, 0) is 25.7 Å². The summed E-state index contributed by atoms with van der Waals surface area (Å²) in [6.07, 6.45) is 3.49. The largest absolute Gasteiger partial charge is 0.370 e. The smallest absolute Gasteiger partial charge is 0.190 e. The molecule has 0 aromatic carbocycles. The van der Waals surface area contributed by atoms with Crippen LogP contribution in [-0.4, -0.2) is 31.2 Å². The van der Waals surface area contributed by atoms with Gasteiger partial charge >= 0.3 is 0 Å². The molecule has 12 heavy (non-hydrogen) atoms. The van der Waals surface area contributed by atoms with Crippen molar-refractivity contribution in [3.63, 3.8) is 0 Å². The van der Waals surface area contributed by atoms with Crippen LogP contribution >= 0.6 is 0 Å². The lowest BCUT2D eigenvalue weighted by Crippen LogP contribution is -2.31. The first-order valence-corrected chi connectivity index (χ1v) is 4.65. The molecule has 0 bridgehead atoms. The number of ether oxygens (including phenoxy) is 2. The third-order valence-corrected chi connectivity index (χ3v) is 2.49. The van der Waals surface area contributed by atoms with Crippen LogP contribution in [0.3, 0.4) is 0 Å². The van der Waals surface area contributed by atoms with E-state index in [-0.39, 0.29) is 18.0 Å². The summed E-state index contributed by atoms with van der Waals surface area (Å²) in [5.41, 5.74) is 0. The third kappa shape index (κ3) is 1.52. The van der Waals surface area contributed by atoms with Crippen LogP contribution in [0.25, 0.3) is 0 Å². The molecule has 2 saturated heterocycles. The Hall–Kier alpha value is -0.410. The second-order valence-corrected chi connectivity index (χ2v) is 3.41. The van der Waals surface area contributed by atoms with Crippen LogP contribution < -0.4 is 0 Å². The van der Waals surface area contributed by atoms with Gasteiger partial charge in [-0.15, -0.1) is 0 Å². The highest BCUT2D eigenvalue weighted by Crippen LogP contribution is 2.20. The fraction of sp³-hybridized carbons (Fsp3) is 0.889. The van der Waals surface area contributed by atoms with E-state index in [2.05, 4.69) is 0 Å². The van der Waals surface area contributed by atoms with E-state index < -0.39 is 0 Å². The van der Waals surface area contributed by atoms with Crippen molar-refractivity contribution < 1.29 is 14.3 Å². The van der Waals surface area contributed by atoms with Gasteiger partial charge in [-0.2, -0.15) is 0 Å². The highest BCUT2D eigenvalue weighted by atomic mass is 16.5. The Bertz CT molecular complexity index is 149. The van der Waals surface area contributed by atoms with Gasteiger partial charge in [0.25, 0.3) is 0 Å². The normalized spacial score (nSPS) is 35.7. The van der Waals surface area contributed by atoms with Gasteiger partial charge in [-0.1, -0.05) is 0 Å². The Balaban J connectivity index is 1.89. The summed E-state index contributed by atoms with van der Waals surface area (Å²) >= 11 is 0. The zero-order valence-corrected chi connectivity index (χ0v) is 7.12. The fourth-order valence-electron chi connectivity index (χ4n) is 1.81. The van der Waals surface area contributed by atoms with E-state index in [1.165, 1.54) is 0 Å². The Labute approximate surface area is 72.0 Å². The second kappa shape index (κ2) is 3.54. The van der Waals surface area contributed by atoms with Gasteiger partial charge in [-0.25, -0.2) is 0 Å². The van der Waals surface area contributed by atoms with Gasteiger partial charge in [0, 0.05) is 13.2 Å². The predicted octanol–water partition coefficient (Wildman–Crippen LogP) is 0.913. The molecule has 3 heteroatoms. The fourth-order valence-corrected chi connectivity index (χ4v) is 1.81. The minimum atomic E-state index is -0.159. The van der Waals surface area contributed by atoms with Crippen LogP contribution in [0, 0.1) is 0 Å². The monoisotopic (exact) mass is 170 g/mol. The third-order valence-electron chi connectivity index (χ3n) is 2.49. The van der Waals surface area contributed by atoms with Crippen molar-refractivity contribution in [2.24, 2.45) is 0 Å². The van der Waals surface area contributed by atoms with Gasteiger partial charge in [0.2, 0.25) is 0 Å². The first-order chi connectivity index (χ1) is 5.88. The van der Waals surface area contributed by atoms with Crippen LogP contribution in [0.1, 0.15) is 25.7 Å². The van der Waals surface area contributed by atoms with Crippen LogP contribution in [0.2, 0.25) is 0 Å². The molecule has 2 heterocycles. The number of hydrogen-bond acceptors (Lipinski definition) is 3. The van der Waals surface area contributed by atoms with Crippen molar-refractivity contribution >= 4 is 5.78 Å². The SMILES string of the molecule is O=C([C@@H]1CCCO1)[C@@H]1CCCO1. The predicted molar refractivity (Wildman–Crippen MR) is 43.0 cm³/mol. The average Bonchev–Trinajstić information content (AvgIpc) is 2.77. The molecule has 68 valence electrons. The van der Waals surface area contributed by atoms with Crippen LogP contribution in [0.5, 0.6) is 0 Å². The Kier molecular flexibility index (Phi) is 2.42. The molecule has 2 atom stereocenters. The number of Topliss-reactive ketones (excluding diaryl/α,β-unsaturated/α-hetero) is 1. The highest BCUT2D eigenvalue weighted by Gasteiger charge is 2.32. The van der Waals surface area contributed by atoms with E-state index in [1.54, 1.807) is 0 Å². The van der Waals surface area contributed by atoms with E-state index in [9.17, 15) is 4.79 Å². The molecule has 0 aromatic rings. The Morgan fingerprint density at radius 3 is 1.83 bits per heavy atom. The summed E-state index contributed by atoms with van der Waals surface area (Å²) in [7, 11) is 0. The molecule has 2 rings (SSSR count). The molecule has 0 spiro atoms. The molecule has 0 aromatic heterocycles. The maximum absolute atomic E-state index is 11.6. The van der Waals surface area contributed by atoms with E-state index in [0.717, 1.165) is 38.9 Å². The lowest BCUT2D eigenvalue weighted by atomic mass is 10.1. The Morgan fingerprint density at radius 1 is 1.00 bits per heavy atom. The molecule has 0 amide bonds. The number of hydrogen-bond donors (Lipinski definition) is 0. The second-order valence-electron chi connectivity index (χ2n) is 3.41. The molecule has 0 unspecified atom stereocenters. The molecule has 3 nitrogen and oxygen atoms in total. The van der Waals surface area contributed by atoms with Gasteiger partial charge in [0.15, 0.2) is 5.78 Å². The summed E-state index contributed by atoms with van der Waals surface area (Å²) in [5, 5.41) is 0. The van der Waals surface area contributed by atoms with Gasteiger partial charge in [0.05, 0.1) is 0 Å². The van der Waals surface area contributed by atoms with Crippen molar-refractivity contribution in [2.75, 3.05) is 13.2 Å². The summed E-state index contributed by atoms with van der Waals surface area (Å²) in [5.74, 6) is 0.171. The van der Waals surface area contributed by atoms with Gasteiger partial charge in [-0.3, -0.25) is 4.79 Å². The van der Waals surface area contributed by atoms with Crippen LogP contribution in [-0.2, 0) is 14.3 Å². The van der Waals surface area contributed by atoms with E-state index in [1.807, 2.05) is 0 Å². The molecule has 0 saturated carbocycles. The van der Waals surface area contributed by atoms with E-state index >= 15 is 0 Å². The topological polar surface area (TPSA) is 35.5 Å². The standard InChI is InChI=1S/C9H14O3/c10-9(7-3-1-5-11-7)8-4-2-6-12-8/h7-8H,1-6H2/t7-,8-/m0/s1. The van der Waals surface area contributed by atoms with Crippen molar-refractivity contribution in [3.05, 3.63) is 0 Å². The maximum atomic E-state index is 11.6. The quantitative estimate of drug-likeness (QED) is 0.618. The van der Waals surface area contributed by atoms with E-state index in [4.69, 9.17) is 9.47 Å². The summed E-state index contributed by atoms with van der Waals surface area (Å²) in [6.45, 7) is 1.48. The maximum Gasteiger partial charge on any atom is 0.190 e. The van der Waals surface area contributed by atoms with Crippen molar-refractivity contribution in [3.8, 4) is 0 Å². The van der Waals surface area contributed by atoms with Gasteiger partial charge in [0.1, 0.15) is 12.2 Å². The minimum absolute atomic E-state index is 0.159. The van der Waals surface area contributed by atoms with E-state index in [0.29, 0.717) is 0 Å². The number of ketones is 1. The molecule has 0 radical (unpaired) electrons. The molecular weight excluding hydrogens is 156 g/mol. The number of rotatable bonds is 2. The van der Waals surface area contributed by atoms with Crippen molar-refractivity contribution in [1.29, 1.82) is 0 Å². The van der Waals surface area contributed by atoms with Crippen LogP contribution in [0.4, 0.5) is 0 Å². The molecular formula is C9H14O3. The first kappa shape index (κ1) is 8.20. The zero-order chi connectivity index (χ0) is 8.39. The summed E-state index contributed by atoms with van der Waals surface area (Å²) < 4.78 is 10.6. The molecule has 0 aliphatic carbocycles. The highest BCUT2D eigenvalue weighted by molar-refractivity contribution is 5.87. The molecule has 2 aliphatic heterocycles. The zero-order valence-electron chi connectivity index (χ0n) is 7.12. The molecule has 0 N–H and O–H groups in total. The summed E-state index contributed by atoms with van der Waals surface area (Å²) in [6, 6.07) is 0. The van der Waals surface area contributed by atoms with Crippen LogP contribution in [0.15, 0.2) is 0 Å². The molecule has 2 fully saturated rings. The average molecular weight is 170 g/mol. The first-order valence-electron chi connectivity index (χ1n) is 4.65. The lowest BCUT2D eigenvalue weighted by molar-refractivity contribution is -0.137. The Morgan fingerprint density at radius 2 is 1.50 bits per heavy atom.